The number of fused-ring (bicyclic) bond motifs is 1. The van der Waals surface area contributed by atoms with Crippen molar-refractivity contribution >= 4 is 18.0 Å². The van der Waals surface area contributed by atoms with Gasteiger partial charge < -0.3 is 4.74 Å². The first-order valence-corrected chi connectivity index (χ1v) is 4.60. The summed E-state index contributed by atoms with van der Waals surface area (Å²) in [5.41, 5.74) is 1.11. The second-order valence-corrected chi connectivity index (χ2v) is 3.56. The summed E-state index contributed by atoms with van der Waals surface area (Å²) in [7, 11) is 1.67. The molecule has 0 saturated carbocycles. The van der Waals surface area contributed by atoms with E-state index in [9.17, 15) is 0 Å². The molecule has 0 aromatic heterocycles. The third-order valence-corrected chi connectivity index (χ3v) is 2.83. The molecule has 62 valence electrons. The van der Waals surface area contributed by atoms with Gasteiger partial charge in [0.25, 0.3) is 0 Å². The van der Waals surface area contributed by atoms with Crippen LogP contribution in [0.15, 0.2) is 34.2 Å². The molecule has 0 aliphatic carbocycles. The van der Waals surface area contributed by atoms with Crippen molar-refractivity contribution in [2.45, 2.75) is 10.5 Å². The Morgan fingerprint density at radius 2 is 2.25 bits per heavy atom. The summed E-state index contributed by atoms with van der Waals surface area (Å²) in [6.45, 7) is 0. The second kappa shape index (κ2) is 3.29. The van der Waals surface area contributed by atoms with E-state index in [0.717, 1.165) is 0 Å². The van der Waals surface area contributed by atoms with Gasteiger partial charge in [-0.3, -0.25) is 4.99 Å². The van der Waals surface area contributed by atoms with Crippen molar-refractivity contribution < 1.29 is 4.74 Å². The lowest BCUT2D eigenvalue weighted by molar-refractivity contribution is 0.180. The van der Waals surface area contributed by atoms with Crippen molar-refractivity contribution in [3.05, 3.63) is 29.8 Å². The molecule has 0 N–H and O–H groups in total. The van der Waals surface area contributed by atoms with E-state index in [1.54, 1.807) is 18.9 Å². The maximum absolute atomic E-state index is 5.11. The summed E-state index contributed by atoms with van der Waals surface area (Å²) >= 11 is 1.64. The molecule has 1 aromatic rings. The van der Waals surface area contributed by atoms with Crippen LogP contribution in [-0.4, -0.2) is 18.9 Å². The zero-order valence-corrected chi connectivity index (χ0v) is 7.54. The van der Waals surface area contributed by atoms with E-state index in [1.165, 1.54) is 10.5 Å². The molecule has 1 heterocycles. The van der Waals surface area contributed by atoms with Crippen LogP contribution in [0, 0.1) is 0 Å². The van der Waals surface area contributed by atoms with E-state index in [2.05, 4.69) is 17.1 Å². The standard InChI is InChI=1S/C9H9NOS/c1-11-9-10-6-7-4-2-3-5-8(7)12-9/h2-6,9H,1H3. The van der Waals surface area contributed by atoms with Gasteiger partial charge in [-0.1, -0.05) is 30.0 Å². The van der Waals surface area contributed by atoms with Gasteiger partial charge in [0.15, 0.2) is 5.56 Å². The quantitative estimate of drug-likeness (QED) is 0.658. The molecule has 0 spiro atoms. The number of methoxy groups -OCH3 is 1. The average molecular weight is 179 g/mol. The Labute approximate surface area is 75.7 Å². The zero-order chi connectivity index (χ0) is 8.39. The van der Waals surface area contributed by atoms with Gasteiger partial charge in [-0.2, -0.15) is 0 Å². The van der Waals surface area contributed by atoms with E-state index in [4.69, 9.17) is 4.74 Å². The predicted octanol–water partition coefficient (Wildman–Crippen LogP) is 2.14. The lowest BCUT2D eigenvalue weighted by Gasteiger charge is -2.15. The Kier molecular flexibility index (Phi) is 2.15. The van der Waals surface area contributed by atoms with Gasteiger partial charge in [0.05, 0.1) is 0 Å². The monoisotopic (exact) mass is 179 g/mol. The van der Waals surface area contributed by atoms with E-state index in [-0.39, 0.29) is 5.56 Å². The fourth-order valence-corrected chi connectivity index (χ4v) is 1.93. The van der Waals surface area contributed by atoms with Crippen LogP contribution in [0.1, 0.15) is 5.56 Å². The van der Waals surface area contributed by atoms with Crippen molar-refractivity contribution in [2.24, 2.45) is 4.99 Å². The average Bonchev–Trinajstić information content (AvgIpc) is 2.17. The van der Waals surface area contributed by atoms with E-state index >= 15 is 0 Å². The third kappa shape index (κ3) is 1.38. The SMILES string of the molecule is COC1N=Cc2ccccc2S1. The lowest BCUT2D eigenvalue weighted by atomic mass is 10.2. The number of benzene rings is 1. The Morgan fingerprint density at radius 1 is 1.42 bits per heavy atom. The molecule has 1 aromatic carbocycles. The smallest absolute Gasteiger partial charge is 0.200 e. The van der Waals surface area contributed by atoms with Crippen molar-refractivity contribution in [1.82, 2.24) is 0 Å². The Bertz CT molecular complexity index is 311. The minimum atomic E-state index is -0.0695. The Hall–Kier alpha value is -0.800. The van der Waals surface area contributed by atoms with E-state index in [1.807, 2.05) is 18.3 Å². The molecule has 2 rings (SSSR count). The van der Waals surface area contributed by atoms with Crippen LogP contribution in [0.4, 0.5) is 0 Å². The number of ether oxygens (including phenoxy) is 1. The molecule has 1 atom stereocenters. The molecule has 1 unspecified atom stereocenters. The number of thioether (sulfide) groups is 1. The normalized spacial score (nSPS) is 20.6. The summed E-state index contributed by atoms with van der Waals surface area (Å²) in [6.07, 6.45) is 1.86. The first kappa shape index (κ1) is 7.83. The fraction of sp³-hybridized carbons (Fsp3) is 0.222. The Balaban J connectivity index is 2.33. The minimum absolute atomic E-state index is 0.0695. The van der Waals surface area contributed by atoms with Gasteiger partial charge >= 0.3 is 0 Å². The molecule has 0 saturated heterocycles. The first-order valence-electron chi connectivity index (χ1n) is 3.72. The highest BCUT2D eigenvalue weighted by molar-refractivity contribution is 7.99. The molecular weight excluding hydrogens is 170 g/mol. The number of rotatable bonds is 1. The number of aliphatic imine (C=N–C) groups is 1. The summed E-state index contributed by atoms with van der Waals surface area (Å²) in [5.74, 6) is 0. The fourth-order valence-electron chi connectivity index (χ4n) is 1.08. The highest BCUT2D eigenvalue weighted by Gasteiger charge is 2.13. The number of nitrogens with zero attached hydrogens (tertiary/aromatic N) is 1. The first-order chi connectivity index (χ1) is 5.90. The summed E-state index contributed by atoms with van der Waals surface area (Å²) in [6, 6.07) is 8.17. The maximum Gasteiger partial charge on any atom is 0.200 e. The number of hydrogen-bond acceptors (Lipinski definition) is 3. The molecule has 3 heteroatoms. The van der Waals surface area contributed by atoms with Crippen LogP contribution in [0.5, 0.6) is 0 Å². The van der Waals surface area contributed by atoms with Crippen molar-refractivity contribution in [2.75, 3.05) is 7.11 Å². The minimum Gasteiger partial charge on any atom is -0.350 e. The molecule has 0 radical (unpaired) electrons. The zero-order valence-electron chi connectivity index (χ0n) is 6.73. The molecular formula is C9H9NOS. The van der Waals surface area contributed by atoms with Crippen LogP contribution >= 0.6 is 11.8 Å². The van der Waals surface area contributed by atoms with Gasteiger partial charge in [0, 0.05) is 23.8 Å². The molecule has 0 amide bonds. The van der Waals surface area contributed by atoms with Gasteiger partial charge in [0.2, 0.25) is 0 Å². The lowest BCUT2D eigenvalue weighted by Crippen LogP contribution is -2.07. The van der Waals surface area contributed by atoms with E-state index < -0.39 is 0 Å². The molecule has 0 bridgehead atoms. The van der Waals surface area contributed by atoms with Gasteiger partial charge in [-0.05, 0) is 6.07 Å². The van der Waals surface area contributed by atoms with Crippen LogP contribution in [0.2, 0.25) is 0 Å². The highest BCUT2D eigenvalue weighted by Crippen LogP contribution is 2.30. The topological polar surface area (TPSA) is 21.6 Å². The van der Waals surface area contributed by atoms with E-state index in [0.29, 0.717) is 0 Å². The third-order valence-electron chi connectivity index (χ3n) is 1.68. The molecule has 0 fully saturated rings. The second-order valence-electron chi connectivity index (χ2n) is 2.48. The van der Waals surface area contributed by atoms with Crippen molar-refractivity contribution in [1.29, 1.82) is 0 Å². The van der Waals surface area contributed by atoms with Gasteiger partial charge in [-0.15, -0.1) is 0 Å². The Morgan fingerprint density at radius 3 is 3.08 bits per heavy atom. The van der Waals surface area contributed by atoms with Crippen LogP contribution in [0.25, 0.3) is 0 Å². The summed E-state index contributed by atoms with van der Waals surface area (Å²) in [5, 5.41) is 0. The molecule has 12 heavy (non-hydrogen) atoms. The van der Waals surface area contributed by atoms with Crippen LogP contribution in [-0.2, 0) is 4.74 Å². The molecule has 1 aliphatic rings. The molecule has 2 nitrogen and oxygen atoms in total. The predicted molar refractivity (Wildman–Crippen MR) is 50.7 cm³/mol. The largest absolute Gasteiger partial charge is 0.350 e. The molecule has 1 aliphatic heterocycles. The van der Waals surface area contributed by atoms with Gasteiger partial charge in [0.1, 0.15) is 0 Å². The van der Waals surface area contributed by atoms with Crippen molar-refractivity contribution in [3.8, 4) is 0 Å². The van der Waals surface area contributed by atoms with Crippen LogP contribution < -0.4 is 0 Å². The summed E-state index contributed by atoms with van der Waals surface area (Å²) in [4.78, 5) is 5.44. The van der Waals surface area contributed by atoms with Crippen LogP contribution in [0.3, 0.4) is 0 Å². The maximum atomic E-state index is 5.11. The highest BCUT2D eigenvalue weighted by atomic mass is 32.2. The number of hydrogen-bond donors (Lipinski definition) is 0. The van der Waals surface area contributed by atoms with Crippen molar-refractivity contribution in [3.63, 3.8) is 0 Å². The summed E-state index contributed by atoms with van der Waals surface area (Å²) < 4.78 is 5.11. The van der Waals surface area contributed by atoms with Gasteiger partial charge in [-0.25, -0.2) is 0 Å².